The molecule has 0 unspecified atom stereocenters. The Kier molecular flexibility index (Phi) is 6.42. The highest BCUT2D eigenvalue weighted by molar-refractivity contribution is 6.14. The molecule has 7 aromatic carbocycles. The smallest absolute Gasteiger partial charge is 0.165 e. The number of nitrogens with zero attached hydrogens (tertiary/aromatic N) is 3. The topological polar surface area (TPSA) is 65.0 Å². The van der Waals surface area contributed by atoms with Gasteiger partial charge in [-0.2, -0.15) is 0 Å². The molecule has 10 rings (SSSR count). The molecule has 50 heavy (non-hydrogen) atoms. The number of para-hydroxylation sites is 2. The molecule has 0 aliphatic rings. The van der Waals surface area contributed by atoms with Crippen LogP contribution in [-0.2, 0) is 0 Å². The minimum absolute atomic E-state index is 0.581. The predicted octanol–water partition coefficient (Wildman–Crippen LogP) is 12.0. The Morgan fingerprint density at radius 3 is 1.58 bits per heavy atom. The van der Waals surface area contributed by atoms with Crippen molar-refractivity contribution >= 4 is 43.9 Å². The van der Waals surface area contributed by atoms with E-state index in [1.807, 2.05) is 97.1 Å². The van der Waals surface area contributed by atoms with Gasteiger partial charge in [-0.15, -0.1) is 0 Å². The van der Waals surface area contributed by atoms with Gasteiger partial charge in [0.15, 0.2) is 17.5 Å². The van der Waals surface area contributed by atoms with Gasteiger partial charge in [-0.05, 0) is 52.6 Å². The summed E-state index contributed by atoms with van der Waals surface area (Å²) >= 11 is 0. The average molecular weight is 642 g/mol. The first-order valence-electron chi connectivity index (χ1n) is 16.6. The average Bonchev–Trinajstić information content (AvgIpc) is 3.76. The summed E-state index contributed by atoms with van der Waals surface area (Å²) in [6, 6.07) is 55.6. The maximum atomic E-state index is 6.37. The molecule has 0 radical (unpaired) electrons. The van der Waals surface area contributed by atoms with Crippen LogP contribution in [0.3, 0.4) is 0 Å². The third-order valence-electron chi connectivity index (χ3n) is 9.37. The zero-order chi connectivity index (χ0) is 33.0. The number of hydrogen-bond donors (Lipinski definition) is 0. The van der Waals surface area contributed by atoms with E-state index < -0.39 is 0 Å². The van der Waals surface area contributed by atoms with E-state index in [0.717, 1.165) is 82.8 Å². The van der Waals surface area contributed by atoms with E-state index in [1.165, 1.54) is 0 Å². The molecule has 0 atom stereocenters. The third-order valence-corrected chi connectivity index (χ3v) is 9.37. The molecule has 0 N–H and O–H groups in total. The zero-order valence-corrected chi connectivity index (χ0v) is 26.7. The monoisotopic (exact) mass is 641 g/mol. The number of aromatic nitrogens is 3. The molecule has 0 amide bonds. The maximum Gasteiger partial charge on any atom is 0.165 e. The van der Waals surface area contributed by atoms with Crippen LogP contribution in [0, 0.1) is 0 Å². The summed E-state index contributed by atoms with van der Waals surface area (Å²) in [5.74, 6) is 1.79. The molecule has 0 saturated heterocycles. The van der Waals surface area contributed by atoms with Gasteiger partial charge in [-0.1, -0.05) is 133 Å². The summed E-state index contributed by atoms with van der Waals surface area (Å²) in [6.45, 7) is 0. The molecule has 0 bridgehead atoms. The van der Waals surface area contributed by atoms with Crippen LogP contribution < -0.4 is 0 Å². The van der Waals surface area contributed by atoms with Gasteiger partial charge >= 0.3 is 0 Å². The van der Waals surface area contributed by atoms with Crippen molar-refractivity contribution in [1.82, 2.24) is 15.0 Å². The number of hydrogen-bond acceptors (Lipinski definition) is 5. The fourth-order valence-corrected chi connectivity index (χ4v) is 7.07. The largest absolute Gasteiger partial charge is 0.456 e. The number of benzene rings is 7. The zero-order valence-electron chi connectivity index (χ0n) is 26.7. The first-order valence-corrected chi connectivity index (χ1v) is 16.6. The third kappa shape index (κ3) is 4.60. The van der Waals surface area contributed by atoms with Crippen LogP contribution >= 0.6 is 0 Å². The first-order chi connectivity index (χ1) is 24.8. The van der Waals surface area contributed by atoms with E-state index in [1.54, 1.807) is 0 Å². The van der Waals surface area contributed by atoms with Gasteiger partial charge < -0.3 is 8.83 Å². The second kappa shape index (κ2) is 11.4. The van der Waals surface area contributed by atoms with Crippen LogP contribution in [0.5, 0.6) is 0 Å². The molecular formula is C45H27N3O2. The first kappa shape index (κ1) is 28.2. The summed E-state index contributed by atoms with van der Waals surface area (Å²) in [6.07, 6.45) is 0. The van der Waals surface area contributed by atoms with Gasteiger partial charge in [0.1, 0.15) is 22.3 Å². The fourth-order valence-electron chi connectivity index (χ4n) is 7.07. The highest BCUT2D eigenvalue weighted by atomic mass is 16.3. The van der Waals surface area contributed by atoms with Gasteiger partial charge in [0.25, 0.3) is 0 Å². The molecule has 0 fully saturated rings. The predicted molar refractivity (Wildman–Crippen MR) is 202 cm³/mol. The Hall–Kier alpha value is -6.85. The summed E-state index contributed by atoms with van der Waals surface area (Å²) in [5.41, 5.74) is 10.1. The minimum atomic E-state index is 0.581. The summed E-state index contributed by atoms with van der Waals surface area (Å²) in [5, 5.41) is 4.28. The van der Waals surface area contributed by atoms with E-state index in [4.69, 9.17) is 23.8 Å². The van der Waals surface area contributed by atoms with Crippen LogP contribution in [0.15, 0.2) is 173 Å². The molecule has 5 nitrogen and oxygen atoms in total. The standard InChI is InChI=1S/C45H27N3O2/c1-3-13-28(14-4-1)43-46-44(29-15-5-2-6-16-29)48-45(47-43)42-31(30-25-26-33-32-17-7-9-22-37(32)50-40(33)27-30)19-11-20-35(42)34-21-12-24-39-41(34)36-18-8-10-23-38(36)49-39/h1-27H. The van der Waals surface area contributed by atoms with Crippen molar-refractivity contribution in [2.24, 2.45) is 0 Å². The van der Waals surface area contributed by atoms with Gasteiger partial charge in [0, 0.05) is 38.2 Å². The summed E-state index contributed by atoms with van der Waals surface area (Å²) in [4.78, 5) is 15.5. The van der Waals surface area contributed by atoms with Gasteiger partial charge in [0.2, 0.25) is 0 Å². The Labute approximate surface area is 287 Å². The number of fused-ring (bicyclic) bond motifs is 6. The van der Waals surface area contributed by atoms with E-state index in [0.29, 0.717) is 17.5 Å². The van der Waals surface area contributed by atoms with E-state index in [9.17, 15) is 0 Å². The Bertz CT molecular complexity index is 2810. The molecule has 0 aliphatic heterocycles. The SMILES string of the molecule is c1ccc(-c2nc(-c3ccccc3)nc(-c3c(-c4ccc5c(c4)oc4ccccc45)cccc3-c3cccc4oc5ccccc5c34)n2)cc1. The van der Waals surface area contributed by atoms with Crippen LogP contribution in [-0.4, -0.2) is 15.0 Å². The molecule has 0 spiro atoms. The Morgan fingerprint density at radius 2 is 0.840 bits per heavy atom. The molecule has 234 valence electrons. The van der Waals surface area contributed by atoms with E-state index in [-0.39, 0.29) is 0 Å². The molecule has 3 aromatic heterocycles. The normalized spacial score (nSPS) is 11.6. The van der Waals surface area contributed by atoms with Crippen molar-refractivity contribution in [2.75, 3.05) is 0 Å². The number of furan rings is 2. The van der Waals surface area contributed by atoms with E-state index in [2.05, 4.69) is 66.7 Å². The highest BCUT2D eigenvalue weighted by Gasteiger charge is 2.23. The van der Waals surface area contributed by atoms with Crippen molar-refractivity contribution in [2.45, 2.75) is 0 Å². The highest BCUT2D eigenvalue weighted by Crippen LogP contribution is 2.45. The summed E-state index contributed by atoms with van der Waals surface area (Å²) < 4.78 is 12.7. The van der Waals surface area contributed by atoms with Crippen LogP contribution in [0.25, 0.3) is 100 Å². The lowest BCUT2D eigenvalue weighted by molar-refractivity contribution is 0.668. The minimum Gasteiger partial charge on any atom is -0.456 e. The fraction of sp³-hybridized carbons (Fsp3) is 0. The number of rotatable bonds is 5. The van der Waals surface area contributed by atoms with Crippen molar-refractivity contribution in [3.63, 3.8) is 0 Å². The molecule has 10 aromatic rings. The molecule has 0 saturated carbocycles. The summed E-state index contributed by atoms with van der Waals surface area (Å²) in [7, 11) is 0. The van der Waals surface area contributed by atoms with E-state index >= 15 is 0 Å². The molecule has 5 heteroatoms. The van der Waals surface area contributed by atoms with Crippen molar-refractivity contribution in [3.05, 3.63) is 164 Å². The quantitative estimate of drug-likeness (QED) is 0.187. The van der Waals surface area contributed by atoms with Gasteiger partial charge in [-0.3, -0.25) is 0 Å². The van der Waals surface area contributed by atoms with Gasteiger partial charge in [-0.25, -0.2) is 15.0 Å². The lowest BCUT2D eigenvalue weighted by atomic mass is 9.89. The van der Waals surface area contributed by atoms with Crippen LogP contribution in [0.1, 0.15) is 0 Å². The lowest BCUT2D eigenvalue weighted by Gasteiger charge is -2.17. The second-order valence-electron chi connectivity index (χ2n) is 12.4. The van der Waals surface area contributed by atoms with Crippen molar-refractivity contribution in [3.8, 4) is 56.4 Å². The molecular weight excluding hydrogens is 615 g/mol. The Morgan fingerprint density at radius 1 is 0.320 bits per heavy atom. The molecule has 3 heterocycles. The maximum absolute atomic E-state index is 6.37. The Balaban J connectivity index is 1.30. The van der Waals surface area contributed by atoms with Crippen LogP contribution in [0.2, 0.25) is 0 Å². The second-order valence-corrected chi connectivity index (χ2v) is 12.4. The lowest BCUT2D eigenvalue weighted by Crippen LogP contribution is -2.02. The molecule has 0 aliphatic carbocycles. The van der Waals surface area contributed by atoms with Crippen molar-refractivity contribution < 1.29 is 8.83 Å². The van der Waals surface area contributed by atoms with Crippen molar-refractivity contribution in [1.29, 1.82) is 0 Å². The van der Waals surface area contributed by atoms with Crippen LogP contribution in [0.4, 0.5) is 0 Å². The van der Waals surface area contributed by atoms with Gasteiger partial charge in [0.05, 0.1) is 0 Å².